The molecule has 0 aliphatic carbocycles. The van der Waals surface area contributed by atoms with Crippen LogP contribution >= 0.6 is 0 Å². The molecular weight excluding hydrogens is 288 g/mol. The summed E-state index contributed by atoms with van der Waals surface area (Å²) in [5.41, 5.74) is 0.847. The average Bonchev–Trinajstić information content (AvgIpc) is 2.54. The number of hydrogen-bond acceptors (Lipinski definition) is 6. The van der Waals surface area contributed by atoms with E-state index in [0.29, 0.717) is 0 Å². The number of carbonyl (C=O) groups excluding carboxylic acids is 2. The zero-order chi connectivity index (χ0) is 15.9. The van der Waals surface area contributed by atoms with Gasteiger partial charge in [-0.3, -0.25) is 4.79 Å². The molecule has 0 amide bonds. The van der Waals surface area contributed by atoms with Crippen LogP contribution in [0.1, 0.15) is 18.8 Å². The highest BCUT2D eigenvalue weighted by atomic mass is 16.7. The first-order valence-corrected chi connectivity index (χ1v) is 6.85. The van der Waals surface area contributed by atoms with Crippen molar-refractivity contribution in [2.24, 2.45) is 0 Å². The number of benzene rings is 1. The third kappa shape index (κ3) is 4.41. The van der Waals surface area contributed by atoms with Gasteiger partial charge in [0.2, 0.25) is 0 Å². The van der Waals surface area contributed by atoms with E-state index in [1.165, 1.54) is 26.2 Å². The molecule has 118 valence electrons. The molecule has 1 heterocycles. The second-order valence-corrected chi connectivity index (χ2v) is 4.71. The van der Waals surface area contributed by atoms with E-state index in [0.717, 1.165) is 5.56 Å². The number of methoxy groups -OCH3 is 1. The standard InChI is InChI=1S/C16H18O6/c1-11(17)21-14-10-20-16(12-6-4-3-5-7-12)22-13(14)8-9-15(18)19-2/h3-9,13-14,16H,10H2,1-2H3/b9-8+/t13-,14+,16+/m0/s1. The Labute approximate surface area is 128 Å². The molecule has 0 radical (unpaired) electrons. The fraction of sp³-hybridized carbons (Fsp3) is 0.375. The minimum atomic E-state index is -0.613. The van der Waals surface area contributed by atoms with E-state index < -0.39 is 30.4 Å². The first kappa shape index (κ1) is 16.2. The average molecular weight is 306 g/mol. The molecule has 1 aliphatic rings. The Hall–Kier alpha value is -2.18. The highest BCUT2D eigenvalue weighted by molar-refractivity contribution is 5.81. The van der Waals surface area contributed by atoms with Gasteiger partial charge in [0.05, 0.1) is 13.7 Å². The second-order valence-electron chi connectivity index (χ2n) is 4.71. The van der Waals surface area contributed by atoms with Gasteiger partial charge in [-0.1, -0.05) is 30.3 Å². The van der Waals surface area contributed by atoms with Crippen LogP contribution < -0.4 is 0 Å². The van der Waals surface area contributed by atoms with Gasteiger partial charge in [0, 0.05) is 18.6 Å². The summed E-state index contributed by atoms with van der Waals surface area (Å²) in [6, 6.07) is 9.39. The highest BCUT2D eigenvalue weighted by Gasteiger charge is 2.33. The molecule has 0 aromatic heterocycles. The van der Waals surface area contributed by atoms with Crippen molar-refractivity contribution in [3.05, 3.63) is 48.0 Å². The number of hydrogen-bond donors (Lipinski definition) is 0. The van der Waals surface area contributed by atoms with Crippen LogP contribution in [-0.2, 0) is 28.5 Å². The molecule has 1 aromatic rings. The third-order valence-corrected chi connectivity index (χ3v) is 3.07. The zero-order valence-corrected chi connectivity index (χ0v) is 12.4. The lowest BCUT2D eigenvalue weighted by Crippen LogP contribution is -2.42. The van der Waals surface area contributed by atoms with Crippen LogP contribution in [0.25, 0.3) is 0 Å². The first-order chi connectivity index (χ1) is 10.6. The third-order valence-electron chi connectivity index (χ3n) is 3.07. The predicted octanol–water partition coefficient (Wildman–Crippen LogP) is 1.76. The van der Waals surface area contributed by atoms with Gasteiger partial charge >= 0.3 is 11.9 Å². The molecule has 2 rings (SSSR count). The first-order valence-electron chi connectivity index (χ1n) is 6.85. The quantitative estimate of drug-likeness (QED) is 0.623. The molecule has 0 spiro atoms. The van der Waals surface area contributed by atoms with Gasteiger partial charge in [0.15, 0.2) is 12.4 Å². The zero-order valence-electron chi connectivity index (χ0n) is 12.4. The van der Waals surface area contributed by atoms with E-state index in [2.05, 4.69) is 4.74 Å². The van der Waals surface area contributed by atoms with Crippen molar-refractivity contribution in [2.75, 3.05) is 13.7 Å². The smallest absolute Gasteiger partial charge is 0.330 e. The largest absolute Gasteiger partial charge is 0.466 e. The van der Waals surface area contributed by atoms with Crippen LogP contribution in [-0.4, -0.2) is 37.9 Å². The number of ether oxygens (including phenoxy) is 4. The van der Waals surface area contributed by atoms with Crippen LogP contribution in [0.4, 0.5) is 0 Å². The van der Waals surface area contributed by atoms with Crippen molar-refractivity contribution in [3.8, 4) is 0 Å². The summed E-state index contributed by atoms with van der Waals surface area (Å²) in [6.07, 6.45) is 0.965. The van der Waals surface area contributed by atoms with E-state index in [-0.39, 0.29) is 6.61 Å². The van der Waals surface area contributed by atoms with Gasteiger partial charge in [-0.05, 0) is 6.08 Å². The second kappa shape index (κ2) is 7.72. The topological polar surface area (TPSA) is 71.1 Å². The molecule has 3 atom stereocenters. The Bertz CT molecular complexity index is 539. The molecule has 0 unspecified atom stereocenters. The van der Waals surface area contributed by atoms with E-state index in [4.69, 9.17) is 14.2 Å². The Morgan fingerprint density at radius 2 is 2.00 bits per heavy atom. The summed E-state index contributed by atoms with van der Waals surface area (Å²) in [4.78, 5) is 22.4. The van der Waals surface area contributed by atoms with E-state index in [1.807, 2.05) is 30.3 Å². The molecule has 1 fully saturated rings. The van der Waals surface area contributed by atoms with Crippen LogP contribution in [0, 0.1) is 0 Å². The summed E-state index contributed by atoms with van der Waals surface area (Å²) in [5.74, 6) is -0.945. The lowest BCUT2D eigenvalue weighted by Gasteiger charge is -2.34. The molecule has 1 saturated heterocycles. The predicted molar refractivity (Wildman–Crippen MR) is 76.7 cm³/mol. The molecule has 1 aliphatic heterocycles. The molecule has 6 heteroatoms. The Morgan fingerprint density at radius 3 is 2.64 bits per heavy atom. The summed E-state index contributed by atoms with van der Waals surface area (Å²) >= 11 is 0. The Balaban J connectivity index is 2.11. The Kier molecular flexibility index (Phi) is 5.68. The van der Waals surface area contributed by atoms with Crippen molar-refractivity contribution >= 4 is 11.9 Å². The molecule has 1 aromatic carbocycles. The lowest BCUT2D eigenvalue weighted by molar-refractivity contribution is -0.250. The number of esters is 2. The van der Waals surface area contributed by atoms with Gasteiger partial charge in [0.1, 0.15) is 6.10 Å². The highest BCUT2D eigenvalue weighted by Crippen LogP contribution is 2.28. The maximum Gasteiger partial charge on any atom is 0.330 e. The van der Waals surface area contributed by atoms with Crippen molar-refractivity contribution in [1.29, 1.82) is 0 Å². The molecular formula is C16H18O6. The van der Waals surface area contributed by atoms with Gasteiger partial charge in [-0.2, -0.15) is 0 Å². The lowest BCUT2D eigenvalue weighted by atomic mass is 10.1. The summed E-state index contributed by atoms with van der Waals surface area (Å²) in [7, 11) is 1.29. The van der Waals surface area contributed by atoms with E-state index >= 15 is 0 Å². The van der Waals surface area contributed by atoms with Gasteiger partial charge in [0.25, 0.3) is 0 Å². The molecule has 6 nitrogen and oxygen atoms in total. The normalized spacial score (nSPS) is 24.9. The summed E-state index contributed by atoms with van der Waals surface area (Å²) < 4.78 is 21.1. The van der Waals surface area contributed by atoms with Crippen molar-refractivity contribution < 1.29 is 28.5 Å². The van der Waals surface area contributed by atoms with Crippen LogP contribution in [0.15, 0.2) is 42.5 Å². The van der Waals surface area contributed by atoms with Crippen molar-refractivity contribution in [3.63, 3.8) is 0 Å². The monoisotopic (exact) mass is 306 g/mol. The minimum Gasteiger partial charge on any atom is -0.466 e. The molecule has 0 saturated carbocycles. The maximum atomic E-state index is 11.2. The van der Waals surface area contributed by atoms with Crippen LogP contribution in [0.2, 0.25) is 0 Å². The number of rotatable bonds is 4. The Morgan fingerprint density at radius 1 is 1.27 bits per heavy atom. The van der Waals surface area contributed by atoms with Crippen LogP contribution in [0.3, 0.4) is 0 Å². The van der Waals surface area contributed by atoms with Gasteiger partial charge in [-0.15, -0.1) is 0 Å². The summed E-state index contributed by atoms with van der Waals surface area (Å²) in [5, 5.41) is 0. The fourth-order valence-electron chi connectivity index (χ4n) is 2.06. The molecule has 0 bridgehead atoms. The number of carbonyl (C=O) groups is 2. The van der Waals surface area contributed by atoms with Crippen molar-refractivity contribution in [2.45, 2.75) is 25.4 Å². The SMILES string of the molecule is COC(=O)/C=C/[C@@H]1O[C@H](c2ccccc2)OC[C@H]1OC(C)=O. The van der Waals surface area contributed by atoms with Gasteiger partial charge < -0.3 is 18.9 Å². The maximum absolute atomic E-state index is 11.2. The van der Waals surface area contributed by atoms with E-state index in [1.54, 1.807) is 0 Å². The van der Waals surface area contributed by atoms with Crippen molar-refractivity contribution in [1.82, 2.24) is 0 Å². The van der Waals surface area contributed by atoms with E-state index in [9.17, 15) is 9.59 Å². The van der Waals surface area contributed by atoms with Crippen LogP contribution in [0.5, 0.6) is 0 Å². The summed E-state index contributed by atoms with van der Waals surface area (Å²) in [6.45, 7) is 1.49. The molecule has 22 heavy (non-hydrogen) atoms. The minimum absolute atomic E-state index is 0.176. The molecule has 0 N–H and O–H groups in total. The fourth-order valence-corrected chi connectivity index (χ4v) is 2.06. The van der Waals surface area contributed by atoms with Gasteiger partial charge in [-0.25, -0.2) is 4.79 Å².